The number of aliphatic hydroxyl groups excluding tert-OH is 1. The molecule has 2 aromatic rings. The number of likely N-dealkylation sites (tertiary alicyclic amines) is 1. The molecule has 3 heterocycles. The molecule has 0 spiro atoms. The number of hydrogen-bond donors (Lipinski definition) is 2. The van der Waals surface area contributed by atoms with Crippen LogP contribution in [0.1, 0.15) is 42.9 Å². The van der Waals surface area contributed by atoms with Crippen molar-refractivity contribution in [2.24, 2.45) is 0 Å². The van der Waals surface area contributed by atoms with Gasteiger partial charge in [0.25, 0.3) is 11.7 Å². The minimum atomic E-state index is -3.65. The van der Waals surface area contributed by atoms with Gasteiger partial charge in [-0.2, -0.15) is 4.31 Å². The first-order valence-corrected chi connectivity index (χ1v) is 14.0. The maximum atomic E-state index is 13.3. The summed E-state index contributed by atoms with van der Waals surface area (Å²) >= 11 is 0. The summed E-state index contributed by atoms with van der Waals surface area (Å²) in [6.07, 6.45) is 2.96. The Balaban J connectivity index is 1.56. The van der Waals surface area contributed by atoms with Gasteiger partial charge in [-0.3, -0.25) is 9.59 Å². The van der Waals surface area contributed by atoms with Gasteiger partial charge in [0.1, 0.15) is 5.76 Å². The van der Waals surface area contributed by atoms with Crippen molar-refractivity contribution in [1.29, 1.82) is 0 Å². The Morgan fingerprint density at radius 3 is 2.42 bits per heavy atom. The van der Waals surface area contributed by atoms with Crippen LogP contribution < -0.4 is 4.74 Å². The number of benzene rings is 2. The summed E-state index contributed by atoms with van der Waals surface area (Å²) < 4.78 is 38.2. The Bertz CT molecular complexity index is 1370. The molecule has 2 aromatic carbocycles. The molecule has 0 radical (unpaired) electrons. The lowest BCUT2D eigenvalue weighted by molar-refractivity contribution is -0.140. The van der Waals surface area contributed by atoms with Crippen LogP contribution in [0, 0.1) is 0 Å². The Labute approximate surface area is 221 Å². The Hall–Kier alpha value is -3.41. The number of nitrogens with zero attached hydrogens (tertiary/aromatic N) is 2. The summed E-state index contributed by atoms with van der Waals surface area (Å²) in [7, 11) is -2.26. The highest BCUT2D eigenvalue weighted by Gasteiger charge is 2.47. The number of phenols is 1. The van der Waals surface area contributed by atoms with Crippen LogP contribution in [0.2, 0.25) is 0 Å². The number of hydrogen-bond acceptors (Lipinski definition) is 8. The number of Topliss-reactive ketones (excluding diaryl/α,β-unsaturated/α-hetero) is 1. The zero-order valence-electron chi connectivity index (χ0n) is 21.0. The van der Waals surface area contributed by atoms with Crippen molar-refractivity contribution in [2.75, 3.05) is 33.4 Å². The number of aromatic hydroxyl groups is 1. The summed E-state index contributed by atoms with van der Waals surface area (Å²) in [6, 6.07) is 9.18. The lowest BCUT2D eigenvalue weighted by Crippen LogP contribution is -2.36. The number of ether oxygens (including phenoxy) is 2. The highest BCUT2D eigenvalue weighted by molar-refractivity contribution is 7.89. The molecule has 10 nitrogen and oxygen atoms in total. The van der Waals surface area contributed by atoms with Crippen LogP contribution in [0.5, 0.6) is 11.5 Å². The Morgan fingerprint density at radius 1 is 1.08 bits per heavy atom. The fourth-order valence-corrected chi connectivity index (χ4v) is 6.82. The van der Waals surface area contributed by atoms with E-state index in [0.29, 0.717) is 25.3 Å². The van der Waals surface area contributed by atoms with Gasteiger partial charge in [-0.15, -0.1) is 0 Å². The maximum Gasteiger partial charge on any atom is 0.295 e. The van der Waals surface area contributed by atoms with Crippen molar-refractivity contribution in [3.63, 3.8) is 0 Å². The molecule has 0 unspecified atom stereocenters. The first-order chi connectivity index (χ1) is 18.2. The normalized spacial score (nSPS) is 23.9. The zero-order chi connectivity index (χ0) is 27.0. The van der Waals surface area contributed by atoms with Crippen LogP contribution in [-0.4, -0.2) is 79.0 Å². The maximum absolute atomic E-state index is 13.3. The van der Waals surface area contributed by atoms with E-state index in [1.807, 2.05) is 0 Å². The molecule has 0 bridgehead atoms. The summed E-state index contributed by atoms with van der Waals surface area (Å²) in [6.45, 7) is 1.66. The van der Waals surface area contributed by atoms with E-state index in [0.717, 1.165) is 25.7 Å². The molecule has 2 N–H and O–H groups in total. The molecule has 2 atom stereocenters. The lowest BCUT2D eigenvalue weighted by atomic mass is 9.95. The quantitative estimate of drug-likeness (QED) is 0.310. The van der Waals surface area contributed by atoms with Gasteiger partial charge in [0.15, 0.2) is 11.5 Å². The van der Waals surface area contributed by atoms with Crippen molar-refractivity contribution in [2.45, 2.75) is 42.7 Å². The molecule has 202 valence electrons. The zero-order valence-corrected chi connectivity index (χ0v) is 21.8. The molecule has 0 saturated carbocycles. The third-order valence-corrected chi connectivity index (χ3v) is 9.23. The number of carbonyl (C=O) groups is 2. The molecule has 3 fully saturated rings. The van der Waals surface area contributed by atoms with E-state index in [9.17, 15) is 28.2 Å². The number of aliphatic hydroxyl groups is 1. The van der Waals surface area contributed by atoms with Crippen LogP contribution in [0.4, 0.5) is 0 Å². The highest BCUT2D eigenvalue weighted by Crippen LogP contribution is 2.42. The molecule has 3 aliphatic rings. The molecular weight excluding hydrogens is 512 g/mol. The van der Waals surface area contributed by atoms with Crippen molar-refractivity contribution < 1.29 is 37.7 Å². The molecule has 0 aromatic heterocycles. The molecule has 1 amide bonds. The number of methoxy groups -OCH3 is 1. The van der Waals surface area contributed by atoms with E-state index in [4.69, 9.17) is 9.47 Å². The number of sulfonamides is 1. The molecule has 38 heavy (non-hydrogen) atoms. The topological polar surface area (TPSA) is 134 Å². The first-order valence-electron chi connectivity index (χ1n) is 12.6. The molecular formula is C27H30N2O8S. The van der Waals surface area contributed by atoms with Crippen molar-refractivity contribution in [3.05, 3.63) is 59.2 Å². The predicted octanol–water partition coefficient (Wildman–Crippen LogP) is 2.79. The summed E-state index contributed by atoms with van der Waals surface area (Å²) in [5.41, 5.74) is 0.541. The fraction of sp³-hybridized carbons (Fsp3) is 0.407. The largest absolute Gasteiger partial charge is 0.507 e. The van der Waals surface area contributed by atoms with Crippen LogP contribution in [0.3, 0.4) is 0 Å². The molecule has 3 saturated heterocycles. The minimum absolute atomic E-state index is 0.0922. The van der Waals surface area contributed by atoms with E-state index in [-0.39, 0.29) is 40.2 Å². The van der Waals surface area contributed by atoms with Gasteiger partial charge in [-0.05, 0) is 67.6 Å². The first kappa shape index (κ1) is 26.2. The fourth-order valence-electron chi connectivity index (χ4n) is 5.30. The van der Waals surface area contributed by atoms with Crippen molar-refractivity contribution in [3.8, 4) is 11.5 Å². The monoisotopic (exact) mass is 542 g/mol. The van der Waals surface area contributed by atoms with Crippen LogP contribution in [-0.2, 0) is 24.3 Å². The van der Waals surface area contributed by atoms with Gasteiger partial charge >= 0.3 is 0 Å². The van der Waals surface area contributed by atoms with E-state index in [2.05, 4.69) is 0 Å². The standard InChI is InChI=1S/C27H30N2O8S/c1-36-22-15-18(8-11-21(22)30)24-23(26(32)27(33)29(24)16-19-5-4-14-37-19)25(31)17-6-9-20(10-7-17)38(34,35)28-12-2-3-13-28/h6-11,15,19,24,30-31H,2-5,12-14,16H2,1H3/t19-,24+/m0/s1. The van der Waals surface area contributed by atoms with Gasteiger partial charge in [0.05, 0.1) is 29.7 Å². The average Bonchev–Trinajstić information content (AvgIpc) is 3.69. The number of amides is 1. The van der Waals surface area contributed by atoms with Gasteiger partial charge in [-0.1, -0.05) is 6.07 Å². The Morgan fingerprint density at radius 2 is 1.79 bits per heavy atom. The van der Waals surface area contributed by atoms with Gasteiger partial charge in [0.2, 0.25) is 10.0 Å². The minimum Gasteiger partial charge on any atom is -0.507 e. The lowest BCUT2D eigenvalue weighted by Gasteiger charge is -2.27. The molecule has 5 rings (SSSR count). The van der Waals surface area contributed by atoms with Gasteiger partial charge in [-0.25, -0.2) is 8.42 Å². The number of carbonyl (C=O) groups excluding carboxylic acids is 2. The Kier molecular flexibility index (Phi) is 7.17. The number of ketones is 1. The molecule has 11 heteroatoms. The highest BCUT2D eigenvalue weighted by atomic mass is 32.2. The summed E-state index contributed by atoms with van der Waals surface area (Å²) in [5.74, 6) is -2.00. The van der Waals surface area contributed by atoms with Crippen molar-refractivity contribution >= 4 is 27.5 Å². The van der Waals surface area contributed by atoms with Crippen LogP contribution >= 0.6 is 0 Å². The number of rotatable bonds is 7. The number of phenolic OH excluding ortho intramolecular Hbond substituents is 1. The third kappa shape index (κ3) is 4.65. The van der Waals surface area contributed by atoms with E-state index < -0.39 is 33.5 Å². The average molecular weight is 543 g/mol. The summed E-state index contributed by atoms with van der Waals surface area (Å²) in [4.78, 5) is 27.9. The van der Waals surface area contributed by atoms with E-state index in [1.54, 1.807) is 6.07 Å². The molecule has 3 aliphatic heterocycles. The van der Waals surface area contributed by atoms with Gasteiger partial charge < -0.3 is 24.6 Å². The molecule has 0 aliphatic carbocycles. The third-order valence-electron chi connectivity index (χ3n) is 7.31. The summed E-state index contributed by atoms with van der Waals surface area (Å²) in [5, 5.41) is 21.4. The van der Waals surface area contributed by atoms with E-state index in [1.165, 1.54) is 52.7 Å². The second kappa shape index (κ2) is 10.4. The van der Waals surface area contributed by atoms with Crippen LogP contribution in [0.25, 0.3) is 5.76 Å². The van der Waals surface area contributed by atoms with Gasteiger partial charge in [0, 0.05) is 31.8 Å². The second-order valence-electron chi connectivity index (χ2n) is 9.65. The van der Waals surface area contributed by atoms with Crippen LogP contribution in [0.15, 0.2) is 52.9 Å². The van der Waals surface area contributed by atoms with Crippen molar-refractivity contribution in [1.82, 2.24) is 9.21 Å². The smallest absolute Gasteiger partial charge is 0.295 e. The second-order valence-corrected chi connectivity index (χ2v) is 11.6. The van der Waals surface area contributed by atoms with E-state index >= 15 is 0 Å². The predicted molar refractivity (Wildman–Crippen MR) is 137 cm³/mol. The SMILES string of the molecule is COc1cc([C@@H]2C(=C(O)c3ccc(S(=O)(=O)N4CCCC4)cc3)C(=O)C(=O)N2C[C@@H]2CCCO2)ccc1O.